The van der Waals surface area contributed by atoms with E-state index in [1.54, 1.807) is 0 Å². The van der Waals surface area contributed by atoms with Gasteiger partial charge in [-0.2, -0.15) is 9.78 Å². The van der Waals surface area contributed by atoms with Crippen molar-refractivity contribution in [3.8, 4) is 0 Å². The number of aromatic nitrogens is 3. The SMILES string of the molecule is Cn1c(C[C@H]2CCS(=O)(=O)C2)nn(C[NH+]2CCCC2)c1=S. The Labute approximate surface area is 130 Å². The lowest BCUT2D eigenvalue weighted by molar-refractivity contribution is -0.911. The van der Waals surface area contributed by atoms with Crippen molar-refractivity contribution in [2.75, 3.05) is 24.6 Å². The molecule has 6 nitrogen and oxygen atoms in total. The van der Waals surface area contributed by atoms with Crippen LogP contribution in [0.15, 0.2) is 0 Å². The average molecular weight is 331 g/mol. The van der Waals surface area contributed by atoms with Crippen LogP contribution < -0.4 is 4.90 Å². The fourth-order valence-electron chi connectivity index (χ4n) is 3.35. The van der Waals surface area contributed by atoms with Gasteiger partial charge in [-0.15, -0.1) is 0 Å². The zero-order chi connectivity index (χ0) is 15.0. The van der Waals surface area contributed by atoms with Gasteiger partial charge in [0.25, 0.3) is 0 Å². The predicted octanol–water partition coefficient (Wildman–Crippen LogP) is -0.436. The molecule has 21 heavy (non-hydrogen) atoms. The minimum Gasteiger partial charge on any atom is -0.316 e. The van der Waals surface area contributed by atoms with Crippen molar-refractivity contribution in [1.29, 1.82) is 0 Å². The summed E-state index contributed by atoms with van der Waals surface area (Å²) in [5.74, 6) is 1.73. The van der Waals surface area contributed by atoms with Crippen molar-refractivity contribution in [2.24, 2.45) is 13.0 Å². The highest BCUT2D eigenvalue weighted by Gasteiger charge is 2.29. The Morgan fingerprint density at radius 2 is 2.10 bits per heavy atom. The third kappa shape index (κ3) is 3.37. The molecule has 0 radical (unpaired) electrons. The van der Waals surface area contributed by atoms with Crippen LogP contribution in [0, 0.1) is 10.7 Å². The van der Waals surface area contributed by atoms with E-state index in [2.05, 4.69) is 5.10 Å². The fraction of sp³-hybridized carbons (Fsp3) is 0.846. The predicted molar refractivity (Wildman–Crippen MR) is 82.4 cm³/mol. The third-order valence-electron chi connectivity index (χ3n) is 4.61. The Morgan fingerprint density at radius 3 is 2.71 bits per heavy atom. The normalized spacial score (nSPS) is 25.7. The average Bonchev–Trinajstić information content (AvgIpc) is 3.10. The van der Waals surface area contributed by atoms with E-state index in [-0.39, 0.29) is 5.92 Å². The van der Waals surface area contributed by atoms with E-state index >= 15 is 0 Å². The fourth-order valence-corrected chi connectivity index (χ4v) is 5.42. The van der Waals surface area contributed by atoms with Gasteiger partial charge in [-0.3, -0.25) is 0 Å². The van der Waals surface area contributed by atoms with Gasteiger partial charge >= 0.3 is 0 Å². The summed E-state index contributed by atoms with van der Waals surface area (Å²) in [5, 5.41) is 4.64. The molecule has 0 spiro atoms. The molecule has 1 atom stereocenters. The van der Waals surface area contributed by atoms with E-state index in [0.717, 1.165) is 23.7 Å². The molecule has 2 aliphatic heterocycles. The molecule has 0 aromatic carbocycles. The number of nitrogens with one attached hydrogen (secondary N) is 1. The van der Waals surface area contributed by atoms with E-state index in [4.69, 9.17) is 12.2 Å². The van der Waals surface area contributed by atoms with Gasteiger partial charge in [0.15, 0.2) is 16.5 Å². The summed E-state index contributed by atoms with van der Waals surface area (Å²) < 4.78 is 27.7. The maximum Gasteiger partial charge on any atom is 0.202 e. The summed E-state index contributed by atoms with van der Waals surface area (Å²) in [7, 11) is -0.890. The zero-order valence-electron chi connectivity index (χ0n) is 12.4. The van der Waals surface area contributed by atoms with Crippen LogP contribution in [-0.4, -0.2) is 47.4 Å². The molecule has 0 unspecified atom stereocenters. The minimum atomic E-state index is -2.82. The van der Waals surface area contributed by atoms with Gasteiger partial charge in [0.05, 0.1) is 24.6 Å². The first-order valence-electron chi connectivity index (χ1n) is 7.61. The summed E-state index contributed by atoms with van der Waals surface area (Å²) in [6.07, 6.45) is 4.02. The molecule has 8 heteroatoms. The molecule has 0 saturated carbocycles. The Balaban J connectivity index is 1.72. The molecular weight excluding hydrogens is 308 g/mol. The van der Waals surface area contributed by atoms with Gasteiger partial charge in [-0.05, 0) is 24.6 Å². The van der Waals surface area contributed by atoms with Crippen LogP contribution in [0.5, 0.6) is 0 Å². The van der Waals surface area contributed by atoms with Crippen LogP contribution in [0.3, 0.4) is 0 Å². The number of quaternary nitrogens is 1. The summed E-state index contributed by atoms with van der Waals surface area (Å²) >= 11 is 5.47. The molecule has 1 N–H and O–H groups in total. The number of sulfone groups is 1. The third-order valence-corrected chi connectivity index (χ3v) is 6.93. The number of hydrogen-bond donors (Lipinski definition) is 1. The van der Waals surface area contributed by atoms with E-state index in [1.165, 1.54) is 30.8 Å². The second kappa shape index (κ2) is 5.81. The Morgan fingerprint density at radius 1 is 1.38 bits per heavy atom. The maximum atomic E-state index is 11.6. The molecule has 2 aliphatic rings. The van der Waals surface area contributed by atoms with Crippen LogP contribution in [0.4, 0.5) is 0 Å². The molecule has 1 aromatic rings. The first kappa shape index (κ1) is 15.2. The van der Waals surface area contributed by atoms with Crippen molar-refractivity contribution in [3.05, 3.63) is 10.6 Å². The molecule has 3 heterocycles. The van der Waals surface area contributed by atoms with Gasteiger partial charge in [0, 0.05) is 26.3 Å². The first-order valence-corrected chi connectivity index (χ1v) is 9.84. The monoisotopic (exact) mass is 331 g/mol. The summed E-state index contributed by atoms with van der Waals surface area (Å²) in [6, 6.07) is 0. The smallest absolute Gasteiger partial charge is 0.202 e. The molecule has 118 valence electrons. The van der Waals surface area contributed by atoms with Crippen molar-refractivity contribution in [2.45, 2.75) is 32.4 Å². The standard InChI is InChI=1S/C13H22N4O2S2/c1-15-12(8-11-4-7-21(18,19)9-11)14-17(13(15)20)10-16-5-2-3-6-16/h11H,2-10H2,1H3/p+1/t11-/m1/s1. The van der Waals surface area contributed by atoms with Crippen molar-refractivity contribution in [3.63, 3.8) is 0 Å². The second-order valence-electron chi connectivity index (χ2n) is 6.35. The lowest BCUT2D eigenvalue weighted by Gasteiger charge is -2.10. The van der Waals surface area contributed by atoms with Gasteiger partial charge < -0.3 is 9.47 Å². The summed E-state index contributed by atoms with van der Waals surface area (Å²) in [6.45, 7) is 3.21. The van der Waals surface area contributed by atoms with E-state index in [0.29, 0.717) is 17.9 Å². The van der Waals surface area contributed by atoms with E-state index in [9.17, 15) is 8.42 Å². The highest BCUT2D eigenvalue weighted by molar-refractivity contribution is 7.91. The van der Waals surface area contributed by atoms with E-state index in [1.807, 2.05) is 16.3 Å². The van der Waals surface area contributed by atoms with Gasteiger partial charge in [-0.1, -0.05) is 0 Å². The molecule has 2 saturated heterocycles. The first-order chi connectivity index (χ1) is 9.94. The topological polar surface area (TPSA) is 61.3 Å². The summed E-state index contributed by atoms with van der Waals surface area (Å²) in [5.41, 5.74) is 0. The Bertz CT molecular complexity index is 671. The minimum absolute atomic E-state index is 0.193. The lowest BCUT2D eigenvalue weighted by Crippen LogP contribution is -3.09. The van der Waals surface area contributed by atoms with E-state index < -0.39 is 9.84 Å². The molecular formula is C13H23N4O2S2+. The molecule has 2 fully saturated rings. The molecule has 0 aliphatic carbocycles. The highest BCUT2D eigenvalue weighted by atomic mass is 32.2. The van der Waals surface area contributed by atoms with Crippen molar-refractivity contribution < 1.29 is 13.3 Å². The van der Waals surface area contributed by atoms with Crippen molar-refractivity contribution >= 4 is 22.1 Å². The Hall–Kier alpha value is -0.730. The highest BCUT2D eigenvalue weighted by Crippen LogP contribution is 2.21. The van der Waals surface area contributed by atoms with Crippen LogP contribution in [0.1, 0.15) is 25.1 Å². The van der Waals surface area contributed by atoms with Gasteiger partial charge in [0.1, 0.15) is 5.82 Å². The number of rotatable bonds is 4. The van der Waals surface area contributed by atoms with Crippen LogP contribution in [0.2, 0.25) is 0 Å². The van der Waals surface area contributed by atoms with Gasteiger partial charge in [-0.25, -0.2) is 8.42 Å². The molecule has 0 amide bonds. The number of hydrogen-bond acceptors (Lipinski definition) is 4. The zero-order valence-corrected chi connectivity index (χ0v) is 14.0. The van der Waals surface area contributed by atoms with Crippen molar-refractivity contribution in [1.82, 2.24) is 14.3 Å². The largest absolute Gasteiger partial charge is 0.316 e. The quantitative estimate of drug-likeness (QED) is 0.760. The van der Waals surface area contributed by atoms with Crippen LogP contribution in [-0.2, 0) is 30.0 Å². The number of nitrogens with zero attached hydrogens (tertiary/aromatic N) is 3. The molecule has 1 aromatic heterocycles. The second-order valence-corrected chi connectivity index (χ2v) is 8.94. The van der Waals surface area contributed by atoms with Gasteiger partial charge in [0.2, 0.25) is 4.77 Å². The maximum absolute atomic E-state index is 11.6. The molecule has 3 rings (SSSR count). The number of likely N-dealkylation sites (tertiary alicyclic amines) is 1. The van der Waals surface area contributed by atoms with Crippen LogP contribution in [0.25, 0.3) is 0 Å². The molecule has 0 bridgehead atoms. The van der Waals surface area contributed by atoms with Crippen LogP contribution >= 0.6 is 12.2 Å². The lowest BCUT2D eigenvalue weighted by atomic mass is 10.1. The Kier molecular flexibility index (Phi) is 4.20. The summed E-state index contributed by atoms with van der Waals surface area (Å²) in [4.78, 5) is 1.53.